The van der Waals surface area contributed by atoms with Gasteiger partial charge in [0.05, 0.1) is 6.61 Å². The molecule has 1 aliphatic rings. The molecule has 21 heavy (non-hydrogen) atoms. The summed E-state index contributed by atoms with van der Waals surface area (Å²) in [6, 6.07) is 5.58. The number of nitrogens with one attached hydrogen (secondary N) is 1. The summed E-state index contributed by atoms with van der Waals surface area (Å²) >= 11 is 0. The third-order valence-corrected chi connectivity index (χ3v) is 4.19. The van der Waals surface area contributed by atoms with Gasteiger partial charge in [0.25, 0.3) is 5.91 Å². The molecule has 2 N–H and O–H groups in total. The number of aryl methyl sites for hydroxylation is 1. The molecule has 0 bridgehead atoms. The van der Waals surface area contributed by atoms with E-state index in [0.717, 1.165) is 17.7 Å². The van der Waals surface area contributed by atoms with E-state index >= 15 is 0 Å². The first kappa shape index (κ1) is 15.6. The molecule has 1 saturated carbocycles. The Labute approximate surface area is 126 Å². The zero-order valence-corrected chi connectivity index (χ0v) is 13.0. The second-order valence-corrected chi connectivity index (χ2v) is 6.40. The van der Waals surface area contributed by atoms with E-state index in [1.165, 1.54) is 6.42 Å². The summed E-state index contributed by atoms with van der Waals surface area (Å²) in [5.74, 6) is 6.46. The molecule has 0 spiro atoms. The predicted octanol–water partition coefficient (Wildman–Crippen LogP) is 2.50. The Morgan fingerprint density at radius 3 is 2.81 bits per heavy atom. The summed E-state index contributed by atoms with van der Waals surface area (Å²) in [6.45, 7) is 7.22. The van der Waals surface area contributed by atoms with Gasteiger partial charge in [-0.15, -0.1) is 0 Å². The zero-order chi connectivity index (χ0) is 15.5. The molecule has 0 aliphatic heterocycles. The Balaban J connectivity index is 2.01. The van der Waals surface area contributed by atoms with E-state index in [0.29, 0.717) is 23.3 Å². The van der Waals surface area contributed by atoms with Gasteiger partial charge < -0.3 is 10.4 Å². The Hall–Kier alpha value is -1.79. The maximum absolute atomic E-state index is 12.2. The van der Waals surface area contributed by atoms with Crippen molar-refractivity contribution < 1.29 is 9.90 Å². The normalized spacial score (nSPS) is 18.6. The molecular weight excluding hydrogens is 262 g/mol. The van der Waals surface area contributed by atoms with Crippen molar-refractivity contribution in [3.63, 3.8) is 0 Å². The van der Waals surface area contributed by atoms with E-state index in [9.17, 15) is 4.79 Å². The number of hydrogen-bond acceptors (Lipinski definition) is 2. The highest BCUT2D eigenvalue weighted by Gasteiger charge is 2.45. The molecule has 1 atom stereocenters. The summed E-state index contributed by atoms with van der Waals surface area (Å²) in [7, 11) is 0. The quantitative estimate of drug-likeness (QED) is 0.835. The van der Waals surface area contributed by atoms with Gasteiger partial charge in [0, 0.05) is 24.1 Å². The largest absolute Gasteiger partial charge is 0.395 e. The van der Waals surface area contributed by atoms with Crippen molar-refractivity contribution in [3.05, 3.63) is 34.9 Å². The molecule has 1 aromatic rings. The maximum atomic E-state index is 12.2. The van der Waals surface area contributed by atoms with Crippen LogP contribution in [-0.4, -0.2) is 24.2 Å². The number of aliphatic hydroxyl groups excluding tert-OH is 1. The smallest absolute Gasteiger partial charge is 0.251 e. The number of carbonyl (C=O) groups excluding carboxylic acids is 1. The van der Waals surface area contributed by atoms with Crippen LogP contribution < -0.4 is 5.32 Å². The van der Waals surface area contributed by atoms with Crippen LogP contribution in [0.1, 0.15) is 48.2 Å². The summed E-state index contributed by atoms with van der Waals surface area (Å²) in [4.78, 5) is 12.2. The Bertz CT molecular complexity index is 593. The zero-order valence-electron chi connectivity index (χ0n) is 13.0. The number of amides is 1. The average molecular weight is 285 g/mol. The SMILES string of the molecule is Cc1ccc(C(=O)NCC2CC2(C)C)cc1C#CCCO. The topological polar surface area (TPSA) is 49.3 Å². The Kier molecular flexibility index (Phi) is 4.69. The van der Waals surface area contributed by atoms with Gasteiger partial charge in [-0.25, -0.2) is 0 Å². The third-order valence-electron chi connectivity index (χ3n) is 4.19. The molecule has 112 valence electrons. The number of rotatable bonds is 4. The second-order valence-electron chi connectivity index (χ2n) is 6.40. The van der Waals surface area contributed by atoms with Crippen molar-refractivity contribution in [3.8, 4) is 11.8 Å². The lowest BCUT2D eigenvalue weighted by Gasteiger charge is -2.08. The maximum Gasteiger partial charge on any atom is 0.251 e. The molecule has 1 unspecified atom stereocenters. The van der Waals surface area contributed by atoms with E-state index in [1.54, 1.807) is 0 Å². The number of hydrogen-bond donors (Lipinski definition) is 2. The van der Waals surface area contributed by atoms with Crippen LogP contribution in [0, 0.1) is 30.1 Å². The summed E-state index contributed by atoms with van der Waals surface area (Å²) < 4.78 is 0. The first-order valence-corrected chi connectivity index (χ1v) is 7.42. The highest BCUT2D eigenvalue weighted by atomic mass is 16.2. The lowest BCUT2D eigenvalue weighted by molar-refractivity contribution is 0.0950. The van der Waals surface area contributed by atoms with Gasteiger partial charge in [0.2, 0.25) is 0 Å². The molecule has 1 fully saturated rings. The fourth-order valence-electron chi connectivity index (χ4n) is 2.35. The highest BCUT2D eigenvalue weighted by Crippen LogP contribution is 2.50. The van der Waals surface area contributed by atoms with Crippen LogP contribution in [0.4, 0.5) is 0 Å². The molecule has 0 heterocycles. The fraction of sp³-hybridized carbons (Fsp3) is 0.500. The third kappa shape index (κ3) is 4.09. The first-order chi connectivity index (χ1) is 9.94. The fourth-order valence-corrected chi connectivity index (χ4v) is 2.35. The molecule has 0 radical (unpaired) electrons. The molecule has 0 saturated heterocycles. The molecule has 3 nitrogen and oxygen atoms in total. The highest BCUT2D eigenvalue weighted by molar-refractivity contribution is 5.94. The molecule has 2 rings (SSSR count). The van der Waals surface area contributed by atoms with Gasteiger partial charge in [-0.1, -0.05) is 31.8 Å². The lowest BCUT2D eigenvalue weighted by atomic mass is 10.0. The van der Waals surface area contributed by atoms with Gasteiger partial charge in [-0.3, -0.25) is 4.79 Å². The molecule has 3 heteroatoms. The molecular formula is C18H23NO2. The van der Waals surface area contributed by atoms with Crippen LogP contribution in [0.5, 0.6) is 0 Å². The predicted molar refractivity (Wildman–Crippen MR) is 84.0 cm³/mol. The standard InChI is InChI=1S/C18H23NO2/c1-13-7-8-15(10-14(13)6-4-5-9-20)17(21)19-12-16-11-18(16,2)3/h7-8,10,16,20H,5,9,11-12H2,1-3H3,(H,19,21). The van der Waals surface area contributed by atoms with Gasteiger partial charge in [0.15, 0.2) is 0 Å². The van der Waals surface area contributed by atoms with Crippen molar-refractivity contribution in [2.75, 3.05) is 13.2 Å². The van der Waals surface area contributed by atoms with Crippen molar-refractivity contribution in [1.29, 1.82) is 0 Å². The van der Waals surface area contributed by atoms with Crippen LogP contribution in [0.2, 0.25) is 0 Å². The molecule has 1 aliphatic carbocycles. The Morgan fingerprint density at radius 2 is 2.19 bits per heavy atom. The van der Waals surface area contributed by atoms with Gasteiger partial charge in [-0.05, 0) is 42.4 Å². The number of benzene rings is 1. The van der Waals surface area contributed by atoms with Crippen LogP contribution >= 0.6 is 0 Å². The van der Waals surface area contributed by atoms with Gasteiger partial charge in [-0.2, -0.15) is 0 Å². The average Bonchev–Trinajstić information content (AvgIpc) is 3.06. The van der Waals surface area contributed by atoms with Crippen LogP contribution in [0.3, 0.4) is 0 Å². The lowest BCUT2D eigenvalue weighted by Crippen LogP contribution is -2.26. The van der Waals surface area contributed by atoms with E-state index in [1.807, 2.05) is 25.1 Å². The van der Waals surface area contributed by atoms with Crippen molar-refractivity contribution in [1.82, 2.24) is 5.32 Å². The summed E-state index contributed by atoms with van der Waals surface area (Å²) in [6.07, 6.45) is 1.63. The molecule has 0 aromatic heterocycles. The van der Waals surface area contributed by atoms with Crippen LogP contribution in [0.25, 0.3) is 0 Å². The molecule has 1 aromatic carbocycles. The minimum absolute atomic E-state index is 0.0390. The minimum Gasteiger partial charge on any atom is -0.395 e. The summed E-state index contributed by atoms with van der Waals surface area (Å²) in [5.41, 5.74) is 2.91. The van der Waals surface area contributed by atoms with E-state index in [-0.39, 0.29) is 12.5 Å². The van der Waals surface area contributed by atoms with Crippen LogP contribution in [0.15, 0.2) is 18.2 Å². The molecule has 1 amide bonds. The van der Waals surface area contributed by atoms with Gasteiger partial charge >= 0.3 is 0 Å². The van der Waals surface area contributed by atoms with Gasteiger partial charge in [0.1, 0.15) is 0 Å². The number of carbonyl (C=O) groups is 1. The monoisotopic (exact) mass is 285 g/mol. The van der Waals surface area contributed by atoms with E-state index in [2.05, 4.69) is 31.0 Å². The number of aliphatic hydroxyl groups is 1. The van der Waals surface area contributed by atoms with E-state index < -0.39 is 0 Å². The van der Waals surface area contributed by atoms with Crippen molar-refractivity contribution in [2.45, 2.75) is 33.6 Å². The van der Waals surface area contributed by atoms with Crippen molar-refractivity contribution >= 4 is 5.91 Å². The minimum atomic E-state index is -0.0390. The Morgan fingerprint density at radius 1 is 1.48 bits per heavy atom. The van der Waals surface area contributed by atoms with E-state index in [4.69, 9.17) is 5.11 Å². The second kappa shape index (κ2) is 6.32. The summed E-state index contributed by atoms with van der Waals surface area (Å²) in [5, 5.41) is 11.8. The van der Waals surface area contributed by atoms with Crippen molar-refractivity contribution in [2.24, 2.45) is 11.3 Å². The van der Waals surface area contributed by atoms with Crippen LogP contribution in [-0.2, 0) is 0 Å². The first-order valence-electron chi connectivity index (χ1n) is 7.42.